The second-order valence-electron chi connectivity index (χ2n) is 5.53. The number of anilines is 1. The van der Waals surface area contributed by atoms with E-state index in [9.17, 15) is 10.1 Å². The molecule has 6 heteroatoms. The molecule has 116 valence electrons. The molecule has 2 aliphatic rings. The number of para-hydroxylation sites is 2. The number of aryl methyl sites for hydroxylation is 1. The zero-order valence-electron chi connectivity index (χ0n) is 12.3. The van der Waals surface area contributed by atoms with Crippen molar-refractivity contribution in [3.63, 3.8) is 0 Å². The van der Waals surface area contributed by atoms with E-state index in [2.05, 4.69) is 11.4 Å². The standard InChI is InChI=1S/C17H14N2O3S/c18-8-11-10-4-3-7-15(10)23-17(11)19-16(20)14-9-21-12-5-1-2-6-13(12)22-14/h1-2,5-6,14H,3-4,7,9H2,(H,19,20)/t14-/m0/s1. The van der Waals surface area contributed by atoms with E-state index in [1.54, 1.807) is 12.1 Å². The SMILES string of the molecule is N#Cc1c(NC(=O)[C@@H]2COc3ccccc3O2)sc2c1CCC2. The molecule has 0 unspecified atom stereocenters. The van der Waals surface area contributed by atoms with Gasteiger partial charge in [-0.3, -0.25) is 4.79 Å². The number of hydrogen-bond donors (Lipinski definition) is 1. The quantitative estimate of drug-likeness (QED) is 0.921. The second kappa shape index (κ2) is 5.60. The zero-order chi connectivity index (χ0) is 15.8. The molecule has 2 heterocycles. The third-order valence-electron chi connectivity index (χ3n) is 4.07. The lowest BCUT2D eigenvalue weighted by atomic mass is 10.1. The molecule has 23 heavy (non-hydrogen) atoms. The Balaban J connectivity index is 1.53. The van der Waals surface area contributed by atoms with Gasteiger partial charge < -0.3 is 14.8 Å². The first-order valence-electron chi connectivity index (χ1n) is 7.50. The van der Waals surface area contributed by atoms with Crippen molar-refractivity contribution in [3.8, 4) is 17.6 Å². The van der Waals surface area contributed by atoms with Gasteiger partial charge in [0, 0.05) is 4.88 Å². The number of amides is 1. The summed E-state index contributed by atoms with van der Waals surface area (Å²) in [4.78, 5) is 13.7. The molecule has 0 bridgehead atoms. The topological polar surface area (TPSA) is 71.4 Å². The van der Waals surface area contributed by atoms with E-state index in [-0.39, 0.29) is 12.5 Å². The number of nitrogens with zero attached hydrogens (tertiary/aromatic N) is 1. The average molecular weight is 326 g/mol. The van der Waals surface area contributed by atoms with E-state index in [0.29, 0.717) is 22.1 Å². The Kier molecular flexibility index (Phi) is 3.43. The molecule has 0 saturated heterocycles. The summed E-state index contributed by atoms with van der Waals surface area (Å²) in [7, 11) is 0. The maximum absolute atomic E-state index is 12.5. The Morgan fingerprint density at radius 1 is 1.30 bits per heavy atom. The Morgan fingerprint density at radius 3 is 2.96 bits per heavy atom. The first kappa shape index (κ1) is 14.1. The average Bonchev–Trinajstić information content (AvgIpc) is 3.14. The van der Waals surface area contributed by atoms with Crippen molar-refractivity contribution in [2.75, 3.05) is 11.9 Å². The van der Waals surface area contributed by atoms with Crippen LogP contribution in [0.2, 0.25) is 0 Å². The molecule has 1 aliphatic carbocycles. The van der Waals surface area contributed by atoms with Crippen LogP contribution in [-0.4, -0.2) is 18.6 Å². The predicted octanol–water partition coefficient (Wildman–Crippen LogP) is 2.89. The van der Waals surface area contributed by atoms with E-state index in [4.69, 9.17) is 9.47 Å². The van der Waals surface area contributed by atoms with Crippen molar-refractivity contribution in [3.05, 3.63) is 40.3 Å². The number of ether oxygens (including phenoxy) is 2. The molecule has 0 spiro atoms. The van der Waals surface area contributed by atoms with Crippen molar-refractivity contribution in [1.82, 2.24) is 0 Å². The summed E-state index contributed by atoms with van der Waals surface area (Å²) >= 11 is 1.50. The summed E-state index contributed by atoms with van der Waals surface area (Å²) < 4.78 is 11.3. The molecule has 1 atom stereocenters. The van der Waals surface area contributed by atoms with Crippen LogP contribution in [0.15, 0.2) is 24.3 Å². The number of carbonyl (C=O) groups excluding carboxylic acids is 1. The summed E-state index contributed by atoms with van der Waals surface area (Å²) in [6, 6.07) is 9.49. The van der Waals surface area contributed by atoms with Crippen LogP contribution in [0.5, 0.6) is 11.5 Å². The fraction of sp³-hybridized carbons (Fsp3) is 0.294. The molecule has 0 saturated carbocycles. The van der Waals surface area contributed by atoms with Crippen molar-refractivity contribution in [2.45, 2.75) is 25.4 Å². The fourth-order valence-corrected chi connectivity index (χ4v) is 4.19. The van der Waals surface area contributed by atoms with Gasteiger partial charge in [-0.05, 0) is 37.0 Å². The predicted molar refractivity (Wildman–Crippen MR) is 86.0 cm³/mol. The highest BCUT2D eigenvalue weighted by Gasteiger charge is 2.29. The third-order valence-corrected chi connectivity index (χ3v) is 5.28. The smallest absolute Gasteiger partial charge is 0.269 e. The highest BCUT2D eigenvalue weighted by molar-refractivity contribution is 7.16. The molecule has 1 aromatic heterocycles. The molecule has 1 aliphatic heterocycles. The van der Waals surface area contributed by atoms with Gasteiger partial charge in [-0.15, -0.1) is 11.3 Å². The number of fused-ring (bicyclic) bond motifs is 2. The van der Waals surface area contributed by atoms with Gasteiger partial charge >= 0.3 is 0 Å². The number of benzene rings is 1. The Labute approximate surface area is 137 Å². The van der Waals surface area contributed by atoms with Crippen LogP contribution in [0.25, 0.3) is 0 Å². The molecule has 1 aromatic carbocycles. The maximum atomic E-state index is 12.5. The molecular weight excluding hydrogens is 312 g/mol. The van der Waals surface area contributed by atoms with Gasteiger partial charge in [0.1, 0.15) is 17.7 Å². The van der Waals surface area contributed by atoms with E-state index in [1.165, 1.54) is 16.2 Å². The minimum atomic E-state index is -0.714. The number of carbonyl (C=O) groups is 1. The number of nitriles is 1. The highest BCUT2D eigenvalue weighted by atomic mass is 32.1. The van der Waals surface area contributed by atoms with Crippen LogP contribution in [0.3, 0.4) is 0 Å². The van der Waals surface area contributed by atoms with Gasteiger partial charge in [0.05, 0.1) is 5.56 Å². The highest BCUT2D eigenvalue weighted by Crippen LogP contribution is 2.39. The van der Waals surface area contributed by atoms with Gasteiger partial charge in [-0.25, -0.2) is 0 Å². The van der Waals surface area contributed by atoms with Crippen LogP contribution in [0.1, 0.15) is 22.4 Å². The molecular formula is C17H14N2O3S. The van der Waals surface area contributed by atoms with Gasteiger partial charge in [-0.1, -0.05) is 12.1 Å². The normalized spacial score (nSPS) is 18.1. The Hall–Kier alpha value is -2.52. The maximum Gasteiger partial charge on any atom is 0.269 e. The lowest BCUT2D eigenvalue weighted by Gasteiger charge is -2.25. The number of hydrogen-bond acceptors (Lipinski definition) is 5. The summed E-state index contributed by atoms with van der Waals surface area (Å²) in [5.41, 5.74) is 1.70. The minimum absolute atomic E-state index is 0.163. The van der Waals surface area contributed by atoms with E-state index in [0.717, 1.165) is 24.8 Å². The Morgan fingerprint density at radius 2 is 2.13 bits per heavy atom. The van der Waals surface area contributed by atoms with E-state index >= 15 is 0 Å². The molecule has 1 amide bonds. The second-order valence-corrected chi connectivity index (χ2v) is 6.63. The fourth-order valence-electron chi connectivity index (χ4n) is 2.95. The summed E-state index contributed by atoms with van der Waals surface area (Å²) in [5, 5.41) is 12.8. The van der Waals surface area contributed by atoms with Crippen molar-refractivity contribution in [1.29, 1.82) is 5.26 Å². The van der Waals surface area contributed by atoms with Gasteiger partial charge in [-0.2, -0.15) is 5.26 Å². The summed E-state index contributed by atoms with van der Waals surface area (Å²) in [6.07, 6.45) is 2.27. The van der Waals surface area contributed by atoms with Crippen LogP contribution in [0, 0.1) is 11.3 Å². The number of nitrogens with one attached hydrogen (secondary N) is 1. The van der Waals surface area contributed by atoms with E-state index in [1.807, 2.05) is 12.1 Å². The minimum Gasteiger partial charge on any atom is -0.485 e. The number of rotatable bonds is 2. The van der Waals surface area contributed by atoms with Gasteiger partial charge in [0.2, 0.25) is 6.10 Å². The van der Waals surface area contributed by atoms with Crippen molar-refractivity contribution < 1.29 is 14.3 Å². The van der Waals surface area contributed by atoms with Crippen LogP contribution < -0.4 is 14.8 Å². The van der Waals surface area contributed by atoms with Crippen LogP contribution in [0.4, 0.5) is 5.00 Å². The monoisotopic (exact) mass is 326 g/mol. The van der Waals surface area contributed by atoms with Crippen molar-refractivity contribution in [2.24, 2.45) is 0 Å². The molecule has 0 fully saturated rings. The van der Waals surface area contributed by atoms with Crippen LogP contribution in [-0.2, 0) is 17.6 Å². The lowest BCUT2D eigenvalue weighted by molar-refractivity contribution is -0.125. The third kappa shape index (κ3) is 2.43. The van der Waals surface area contributed by atoms with Crippen LogP contribution >= 0.6 is 11.3 Å². The lowest BCUT2D eigenvalue weighted by Crippen LogP contribution is -2.40. The molecule has 4 rings (SSSR count). The number of thiophene rings is 1. The van der Waals surface area contributed by atoms with Gasteiger partial charge in [0.15, 0.2) is 11.5 Å². The molecule has 2 aromatic rings. The first-order chi connectivity index (χ1) is 11.3. The zero-order valence-corrected chi connectivity index (χ0v) is 13.1. The van der Waals surface area contributed by atoms with Gasteiger partial charge in [0.25, 0.3) is 5.91 Å². The van der Waals surface area contributed by atoms with E-state index < -0.39 is 6.10 Å². The summed E-state index contributed by atoms with van der Waals surface area (Å²) in [6.45, 7) is 0.163. The molecule has 5 nitrogen and oxygen atoms in total. The summed E-state index contributed by atoms with van der Waals surface area (Å²) in [5.74, 6) is 0.924. The van der Waals surface area contributed by atoms with Crippen molar-refractivity contribution >= 4 is 22.2 Å². The Bertz CT molecular complexity index is 822. The molecule has 1 N–H and O–H groups in total. The first-order valence-corrected chi connectivity index (χ1v) is 8.32. The molecule has 0 radical (unpaired) electrons. The largest absolute Gasteiger partial charge is 0.485 e.